The first-order chi connectivity index (χ1) is 9.24. The van der Waals surface area contributed by atoms with Gasteiger partial charge in [-0.3, -0.25) is 9.69 Å². The van der Waals surface area contributed by atoms with Gasteiger partial charge in [-0.25, -0.2) is 4.98 Å². The zero-order valence-corrected chi connectivity index (χ0v) is 13.0. The molecule has 0 aliphatic carbocycles. The Kier molecular flexibility index (Phi) is 4.10. The van der Waals surface area contributed by atoms with E-state index in [1.165, 1.54) is 0 Å². The third-order valence-corrected chi connectivity index (χ3v) is 5.03. The summed E-state index contributed by atoms with van der Waals surface area (Å²) >= 11 is 5.40. The summed E-state index contributed by atoms with van der Waals surface area (Å²) in [7, 11) is 0. The van der Waals surface area contributed by atoms with Gasteiger partial charge in [-0.2, -0.15) is 11.8 Å². The standard InChI is InChI=1S/C13H16BrN3OS/c14-10-7-9-1-2-11(17-3-5-19-6-4-17)13(18)16-12(9)15-8-10/h7-8,11H,1-6H2,(H,15,16,18). The lowest BCUT2D eigenvalue weighted by Gasteiger charge is -2.32. The number of rotatable bonds is 1. The number of hydrogen-bond donors (Lipinski definition) is 1. The Labute approximate surface area is 125 Å². The highest BCUT2D eigenvalue weighted by molar-refractivity contribution is 9.10. The van der Waals surface area contributed by atoms with Crippen LogP contribution < -0.4 is 5.32 Å². The van der Waals surface area contributed by atoms with Crippen molar-refractivity contribution in [3.05, 3.63) is 22.3 Å². The molecule has 0 saturated carbocycles. The lowest BCUT2D eigenvalue weighted by atomic mass is 10.1. The van der Waals surface area contributed by atoms with Crippen molar-refractivity contribution in [2.75, 3.05) is 29.9 Å². The fourth-order valence-corrected chi connectivity index (χ4v) is 3.96. The molecule has 3 rings (SSSR count). The first-order valence-corrected chi connectivity index (χ1v) is 8.46. The Morgan fingerprint density at radius 1 is 1.42 bits per heavy atom. The molecule has 0 aromatic carbocycles. The van der Waals surface area contributed by atoms with E-state index in [1.54, 1.807) is 6.20 Å². The van der Waals surface area contributed by atoms with E-state index in [-0.39, 0.29) is 11.9 Å². The Bertz CT molecular complexity index is 491. The molecule has 19 heavy (non-hydrogen) atoms. The fourth-order valence-electron chi connectivity index (χ4n) is 2.65. The maximum atomic E-state index is 12.3. The van der Waals surface area contributed by atoms with E-state index < -0.39 is 0 Å². The number of hydrogen-bond acceptors (Lipinski definition) is 4. The number of aryl methyl sites for hydroxylation is 1. The fraction of sp³-hybridized carbons (Fsp3) is 0.538. The van der Waals surface area contributed by atoms with Crippen LogP contribution in [0.25, 0.3) is 0 Å². The van der Waals surface area contributed by atoms with Crippen LogP contribution in [0.1, 0.15) is 12.0 Å². The average Bonchev–Trinajstić information content (AvgIpc) is 2.58. The molecule has 2 aliphatic heterocycles. The summed E-state index contributed by atoms with van der Waals surface area (Å²) in [6, 6.07) is 2.05. The second-order valence-electron chi connectivity index (χ2n) is 4.85. The quantitative estimate of drug-likeness (QED) is 0.850. The summed E-state index contributed by atoms with van der Waals surface area (Å²) in [5, 5.41) is 2.98. The molecule has 1 aromatic rings. The average molecular weight is 342 g/mol. The van der Waals surface area contributed by atoms with Gasteiger partial charge in [0, 0.05) is 35.3 Å². The molecule has 1 saturated heterocycles. The van der Waals surface area contributed by atoms with Gasteiger partial charge in [-0.05, 0) is 40.4 Å². The molecule has 3 heterocycles. The topological polar surface area (TPSA) is 45.2 Å². The van der Waals surface area contributed by atoms with E-state index in [2.05, 4.69) is 37.2 Å². The van der Waals surface area contributed by atoms with Crippen molar-refractivity contribution >= 4 is 39.4 Å². The predicted molar refractivity (Wildman–Crippen MR) is 81.6 cm³/mol. The summed E-state index contributed by atoms with van der Waals surface area (Å²) in [5.41, 5.74) is 1.12. The molecule has 0 radical (unpaired) electrons. The normalized spacial score (nSPS) is 24.5. The number of anilines is 1. The number of nitrogens with one attached hydrogen (secondary N) is 1. The number of fused-ring (bicyclic) bond motifs is 1. The van der Waals surface area contributed by atoms with E-state index >= 15 is 0 Å². The predicted octanol–water partition coefficient (Wildman–Crippen LogP) is 2.15. The van der Waals surface area contributed by atoms with Crippen LogP contribution in [-0.2, 0) is 11.2 Å². The molecule has 1 fully saturated rings. The first kappa shape index (κ1) is 13.4. The van der Waals surface area contributed by atoms with Crippen LogP contribution in [0.3, 0.4) is 0 Å². The van der Waals surface area contributed by atoms with Gasteiger partial charge in [0.25, 0.3) is 0 Å². The van der Waals surface area contributed by atoms with Crippen molar-refractivity contribution in [2.45, 2.75) is 18.9 Å². The van der Waals surface area contributed by atoms with E-state index in [0.29, 0.717) is 0 Å². The number of carbonyl (C=O) groups is 1. The molecule has 2 aliphatic rings. The van der Waals surface area contributed by atoms with E-state index in [0.717, 1.165) is 53.3 Å². The molecule has 1 N–H and O–H groups in total. The van der Waals surface area contributed by atoms with Gasteiger partial charge in [0.1, 0.15) is 5.82 Å². The summed E-state index contributed by atoms with van der Waals surface area (Å²) in [4.78, 5) is 19.0. The summed E-state index contributed by atoms with van der Waals surface area (Å²) < 4.78 is 0.966. The van der Waals surface area contributed by atoms with Crippen LogP contribution in [0, 0.1) is 0 Å². The minimum Gasteiger partial charge on any atom is -0.309 e. The van der Waals surface area contributed by atoms with Crippen molar-refractivity contribution in [3.63, 3.8) is 0 Å². The van der Waals surface area contributed by atoms with Gasteiger partial charge in [0.2, 0.25) is 5.91 Å². The Morgan fingerprint density at radius 3 is 3.00 bits per heavy atom. The number of halogens is 1. The monoisotopic (exact) mass is 341 g/mol. The number of nitrogens with zero attached hydrogens (tertiary/aromatic N) is 2. The van der Waals surface area contributed by atoms with Gasteiger partial charge >= 0.3 is 0 Å². The number of pyridine rings is 1. The minimum atomic E-state index is -0.00567. The van der Waals surface area contributed by atoms with Gasteiger partial charge in [-0.1, -0.05) is 0 Å². The summed E-state index contributed by atoms with van der Waals surface area (Å²) in [6.45, 7) is 2.02. The number of thioether (sulfide) groups is 1. The molecular formula is C13H16BrN3OS. The molecule has 1 unspecified atom stereocenters. The van der Waals surface area contributed by atoms with Crippen LogP contribution >= 0.6 is 27.7 Å². The van der Waals surface area contributed by atoms with Crippen molar-refractivity contribution in [1.82, 2.24) is 9.88 Å². The Morgan fingerprint density at radius 2 is 2.21 bits per heavy atom. The summed E-state index contributed by atoms with van der Waals surface area (Å²) in [6.07, 6.45) is 3.51. The summed E-state index contributed by atoms with van der Waals surface area (Å²) in [5.74, 6) is 3.07. The van der Waals surface area contributed by atoms with Crippen LogP contribution in [0.4, 0.5) is 5.82 Å². The van der Waals surface area contributed by atoms with Crippen LogP contribution in [-0.4, -0.2) is 46.4 Å². The molecule has 0 spiro atoms. The van der Waals surface area contributed by atoms with E-state index in [1.807, 2.05) is 11.8 Å². The Hall–Kier alpha value is -0.590. The minimum absolute atomic E-state index is 0.00567. The number of carbonyl (C=O) groups excluding carboxylic acids is 1. The lowest BCUT2D eigenvalue weighted by molar-refractivity contribution is -0.121. The number of amides is 1. The van der Waals surface area contributed by atoms with Crippen LogP contribution in [0.5, 0.6) is 0 Å². The van der Waals surface area contributed by atoms with E-state index in [4.69, 9.17) is 0 Å². The second kappa shape index (κ2) is 5.81. The Balaban J connectivity index is 1.79. The smallest absolute Gasteiger partial charge is 0.242 e. The van der Waals surface area contributed by atoms with Crippen molar-refractivity contribution in [1.29, 1.82) is 0 Å². The molecule has 0 bridgehead atoms. The van der Waals surface area contributed by atoms with E-state index in [9.17, 15) is 4.79 Å². The second-order valence-corrected chi connectivity index (χ2v) is 6.99. The first-order valence-electron chi connectivity index (χ1n) is 6.51. The highest BCUT2D eigenvalue weighted by Crippen LogP contribution is 2.25. The zero-order valence-electron chi connectivity index (χ0n) is 10.6. The third-order valence-electron chi connectivity index (χ3n) is 3.65. The molecule has 6 heteroatoms. The third kappa shape index (κ3) is 2.95. The lowest BCUT2D eigenvalue weighted by Crippen LogP contribution is -2.47. The van der Waals surface area contributed by atoms with Crippen molar-refractivity contribution < 1.29 is 4.79 Å². The van der Waals surface area contributed by atoms with Gasteiger partial charge in [0.15, 0.2) is 0 Å². The molecular weight excluding hydrogens is 326 g/mol. The number of aromatic nitrogens is 1. The van der Waals surface area contributed by atoms with Crippen molar-refractivity contribution in [3.8, 4) is 0 Å². The largest absolute Gasteiger partial charge is 0.309 e. The maximum absolute atomic E-state index is 12.3. The van der Waals surface area contributed by atoms with Crippen molar-refractivity contribution in [2.24, 2.45) is 0 Å². The SMILES string of the molecule is O=C1Nc2ncc(Br)cc2CCC1N1CCSCC1. The molecule has 1 aromatic heterocycles. The highest BCUT2D eigenvalue weighted by Gasteiger charge is 2.30. The van der Waals surface area contributed by atoms with Crippen LogP contribution in [0.15, 0.2) is 16.7 Å². The zero-order chi connectivity index (χ0) is 13.2. The highest BCUT2D eigenvalue weighted by atomic mass is 79.9. The van der Waals surface area contributed by atoms with Gasteiger partial charge < -0.3 is 5.32 Å². The molecule has 1 amide bonds. The van der Waals surface area contributed by atoms with Crippen LogP contribution in [0.2, 0.25) is 0 Å². The maximum Gasteiger partial charge on any atom is 0.242 e. The molecule has 4 nitrogen and oxygen atoms in total. The molecule has 1 atom stereocenters. The van der Waals surface area contributed by atoms with Gasteiger partial charge in [-0.15, -0.1) is 0 Å². The van der Waals surface area contributed by atoms with Gasteiger partial charge in [0.05, 0.1) is 6.04 Å². The molecule has 102 valence electrons.